The minimum absolute atomic E-state index is 0.0464. The number of anilines is 1. The van der Waals surface area contributed by atoms with Crippen molar-refractivity contribution >= 4 is 44.7 Å². The topological polar surface area (TPSA) is 86.5 Å². The Kier molecular flexibility index (Phi) is 5.46. The van der Waals surface area contributed by atoms with Crippen molar-refractivity contribution in [3.8, 4) is 33.0 Å². The van der Waals surface area contributed by atoms with Gasteiger partial charge in [0.15, 0.2) is 0 Å². The van der Waals surface area contributed by atoms with Gasteiger partial charge in [-0.1, -0.05) is 39.0 Å². The van der Waals surface area contributed by atoms with Crippen LogP contribution in [-0.4, -0.2) is 26.1 Å². The third-order valence-corrected chi connectivity index (χ3v) is 7.53. The molecule has 0 aliphatic heterocycles. The fourth-order valence-electron chi connectivity index (χ4n) is 4.46. The molecule has 7 heteroatoms. The molecule has 3 N–H and O–H groups in total. The van der Waals surface area contributed by atoms with Gasteiger partial charge in [-0.2, -0.15) is 5.10 Å². The van der Waals surface area contributed by atoms with Crippen LogP contribution in [0.5, 0.6) is 0 Å². The van der Waals surface area contributed by atoms with Gasteiger partial charge in [0.05, 0.1) is 23.1 Å². The van der Waals surface area contributed by atoms with E-state index in [-0.39, 0.29) is 5.91 Å². The maximum absolute atomic E-state index is 12.5. The van der Waals surface area contributed by atoms with E-state index in [2.05, 4.69) is 74.9 Å². The molecule has 0 atom stereocenters. The number of benzene rings is 2. The number of aromatic amines is 2. The largest absolute Gasteiger partial charge is 0.353 e. The van der Waals surface area contributed by atoms with Gasteiger partial charge in [-0.3, -0.25) is 14.9 Å². The number of carbonyl (C=O) groups excluding carboxylic acids is 1. The van der Waals surface area contributed by atoms with Crippen LogP contribution in [0.4, 0.5) is 5.69 Å². The highest BCUT2D eigenvalue weighted by atomic mass is 32.1. The van der Waals surface area contributed by atoms with Crippen molar-refractivity contribution in [1.82, 2.24) is 20.2 Å². The van der Waals surface area contributed by atoms with Crippen LogP contribution in [0.15, 0.2) is 73.1 Å². The molecule has 2 aromatic carbocycles. The van der Waals surface area contributed by atoms with Crippen molar-refractivity contribution in [3.63, 3.8) is 0 Å². The zero-order chi connectivity index (χ0) is 25.7. The standard InChI is InChI=1S/C30H27N5OS/c1-17-8-11-27(37-17)21-6-5-7-24-22(21)14-26(33-24)28-23-13-18(9-10-25(23)34-35-28)19-12-20(16-31-15-19)32-29(36)30(2,3)4/h5-16,33H,1-4H3,(H,32,36)(H,34,35). The summed E-state index contributed by atoms with van der Waals surface area (Å²) in [7, 11) is 0. The Morgan fingerprint density at radius 2 is 1.78 bits per heavy atom. The average Bonchev–Trinajstić information content (AvgIpc) is 3.60. The number of aryl methyl sites for hydroxylation is 1. The lowest BCUT2D eigenvalue weighted by molar-refractivity contribution is -0.123. The lowest BCUT2D eigenvalue weighted by atomic mass is 9.95. The Labute approximate surface area is 218 Å². The fourth-order valence-corrected chi connectivity index (χ4v) is 5.37. The maximum Gasteiger partial charge on any atom is 0.229 e. The van der Waals surface area contributed by atoms with Gasteiger partial charge in [0.25, 0.3) is 0 Å². The van der Waals surface area contributed by atoms with Crippen LogP contribution in [0.2, 0.25) is 0 Å². The van der Waals surface area contributed by atoms with Gasteiger partial charge in [0, 0.05) is 48.8 Å². The van der Waals surface area contributed by atoms with E-state index in [4.69, 9.17) is 0 Å². The lowest BCUT2D eigenvalue weighted by Crippen LogP contribution is -2.27. The van der Waals surface area contributed by atoms with Crippen LogP contribution in [0.3, 0.4) is 0 Å². The van der Waals surface area contributed by atoms with Gasteiger partial charge in [-0.25, -0.2) is 0 Å². The molecule has 0 spiro atoms. The molecule has 0 aliphatic rings. The molecule has 1 amide bonds. The molecule has 6 nitrogen and oxygen atoms in total. The summed E-state index contributed by atoms with van der Waals surface area (Å²) < 4.78 is 0. The third kappa shape index (κ3) is 4.32. The number of pyridine rings is 1. The number of carbonyl (C=O) groups is 1. The van der Waals surface area contributed by atoms with Crippen molar-refractivity contribution < 1.29 is 4.79 Å². The van der Waals surface area contributed by atoms with Crippen LogP contribution >= 0.6 is 11.3 Å². The first-order valence-corrected chi connectivity index (χ1v) is 13.0. The van der Waals surface area contributed by atoms with E-state index >= 15 is 0 Å². The first kappa shape index (κ1) is 23.2. The second kappa shape index (κ2) is 8.71. The Morgan fingerprint density at radius 1 is 0.919 bits per heavy atom. The second-order valence-electron chi connectivity index (χ2n) is 10.4. The van der Waals surface area contributed by atoms with Crippen molar-refractivity contribution in [2.45, 2.75) is 27.7 Å². The molecular formula is C30H27N5OS. The molecule has 0 saturated carbocycles. The monoisotopic (exact) mass is 505 g/mol. The van der Waals surface area contributed by atoms with E-state index in [0.29, 0.717) is 5.69 Å². The van der Waals surface area contributed by atoms with Gasteiger partial charge >= 0.3 is 0 Å². The van der Waals surface area contributed by atoms with Gasteiger partial charge in [-0.15, -0.1) is 11.3 Å². The van der Waals surface area contributed by atoms with Gasteiger partial charge in [0.1, 0.15) is 5.69 Å². The van der Waals surface area contributed by atoms with Gasteiger partial charge in [0.2, 0.25) is 5.91 Å². The molecular weight excluding hydrogens is 478 g/mol. The van der Waals surface area contributed by atoms with Crippen LogP contribution < -0.4 is 5.32 Å². The first-order valence-electron chi connectivity index (χ1n) is 12.2. The minimum Gasteiger partial charge on any atom is -0.353 e. The highest BCUT2D eigenvalue weighted by molar-refractivity contribution is 7.15. The number of rotatable bonds is 4. The number of thiophene rings is 1. The number of hydrogen-bond donors (Lipinski definition) is 3. The highest BCUT2D eigenvalue weighted by Crippen LogP contribution is 2.37. The van der Waals surface area contributed by atoms with Crippen LogP contribution in [0, 0.1) is 12.3 Å². The van der Waals surface area contributed by atoms with Crippen LogP contribution in [0.1, 0.15) is 25.6 Å². The van der Waals surface area contributed by atoms with Crippen molar-refractivity contribution in [1.29, 1.82) is 0 Å². The van der Waals surface area contributed by atoms with Crippen LogP contribution in [0.25, 0.3) is 54.8 Å². The number of amides is 1. The molecule has 184 valence electrons. The fraction of sp³-hybridized carbons (Fsp3) is 0.167. The number of fused-ring (bicyclic) bond motifs is 2. The maximum atomic E-state index is 12.5. The number of aromatic nitrogens is 4. The molecule has 6 rings (SSSR count). The quantitative estimate of drug-likeness (QED) is 0.228. The summed E-state index contributed by atoms with van der Waals surface area (Å²) in [5.41, 5.74) is 7.20. The van der Waals surface area contributed by atoms with E-state index < -0.39 is 5.41 Å². The Balaban J connectivity index is 1.40. The van der Waals surface area contributed by atoms with Crippen LogP contribution in [-0.2, 0) is 4.79 Å². The van der Waals surface area contributed by atoms with Gasteiger partial charge < -0.3 is 10.3 Å². The van der Waals surface area contributed by atoms with Crippen molar-refractivity contribution in [2.24, 2.45) is 5.41 Å². The number of H-pyrrole nitrogens is 2. The average molecular weight is 506 g/mol. The molecule has 0 radical (unpaired) electrons. The minimum atomic E-state index is -0.484. The van der Waals surface area contributed by atoms with Crippen molar-refractivity contribution in [2.75, 3.05) is 5.32 Å². The van der Waals surface area contributed by atoms with E-state index in [1.807, 2.05) is 45.2 Å². The third-order valence-electron chi connectivity index (χ3n) is 6.50. The molecule has 6 aromatic rings. The summed E-state index contributed by atoms with van der Waals surface area (Å²) in [6, 6.07) is 21.0. The zero-order valence-corrected chi connectivity index (χ0v) is 22.0. The smallest absolute Gasteiger partial charge is 0.229 e. The molecule has 0 bridgehead atoms. The predicted molar refractivity (Wildman–Crippen MR) is 153 cm³/mol. The van der Waals surface area contributed by atoms with Crippen molar-refractivity contribution in [3.05, 3.63) is 77.9 Å². The Morgan fingerprint density at radius 3 is 2.57 bits per heavy atom. The second-order valence-corrected chi connectivity index (χ2v) is 11.6. The zero-order valence-electron chi connectivity index (χ0n) is 21.1. The van der Waals surface area contributed by atoms with E-state index in [1.54, 1.807) is 17.5 Å². The summed E-state index contributed by atoms with van der Waals surface area (Å²) in [5.74, 6) is -0.0464. The number of nitrogens with one attached hydrogen (secondary N) is 3. The SMILES string of the molecule is Cc1ccc(-c2cccc3[nH]c(-c4n[nH]c5ccc(-c6cncc(NC(=O)C(C)(C)C)c6)cc45)cc23)s1. The Bertz CT molecular complexity index is 1780. The molecule has 0 unspecified atom stereocenters. The lowest BCUT2D eigenvalue weighted by Gasteiger charge is -2.17. The summed E-state index contributed by atoms with van der Waals surface area (Å²) in [6.07, 6.45) is 3.48. The van der Waals surface area contributed by atoms with Gasteiger partial charge in [-0.05, 0) is 55.0 Å². The Hall–Kier alpha value is -4.23. The summed E-state index contributed by atoms with van der Waals surface area (Å²) in [6.45, 7) is 7.81. The number of hydrogen-bond acceptors (Lipinski definition) is 4. The normalized spacial score (nSPS) is 11.9. The van der Waals surface area contributed by atoms with E-state index in [0.717, 1.165) is 38.9 Å². The first-order chi connectivity index (χ1) is 17.8. The molecule has 4 heterocycles. The molecule has 4 aromatic heterocycles. The summed E-state index contributed by atoms with van der Waals surface area (Å²) >= 11 is 1.80. The predicted octanol–water partition coefficient (Wildman–Crippen LogP) is 7.79. The van der Waals surface area contributed by atoms with E-state index in [9.17, 15) is 4.79 Å². The van der Waals surface area contributed by atoms with E-state index in [1.165, 1.54) is 20.7 Å². The summed E-state index contributed by atoms with van der Waals surface area (Å²) in [4.78, 5) is 23.0. The molecule has 0 aliphatic carbocycles. The molecule has 0 fully saturated rings. The summed E-state index contributed by atoms with van der Waals surface area (Å²) in [5, 5.41) is 13.0. The molecule has 37 heavy (non-hydrogen) atoms. The molecule has 0 saturated heterocycles. The number of nitrogens with zero attached hydrogens (tertiary/aromatic N) is 2. The highest BCUT2D eigenvalue weighted by Gasteiger charge is 2.21.